The molecule has 0 saturated heterocycles. The molecule has 0 radical (unpaired) electrons. The molecule has 0 aliphatic heterocycles. The van der Waals surface area contributed by atoms with Crippen LogP contribution in [0.1, 0.15) is 17.4 Å². The number of rotatable bonds is 2. The van der Waals surface area contributed by atoms with E-state index in [0.29, 0.717) is 10.3 Å². The zero-order chi connectivity index (χ0) is 12.6. The van der Waals surface area contributed by atoms with E-state index in [4.69, 9.17) is 27.9 Å². The smallest absolute Gasteiger partial charge is 0.359 e. The highest BCUT2D eigenvalue weighted by Crippen LogP contribution is 2.25. The number of aromatic nitrogens is 3. The summed E-state index contributed by atoms with van der Waals surface area (Å²) < 4.78 is 6.83. The van der Waals surface area contributed by atoms with Crippen LogP contribution in [0.4, 0.5) is 0 Å². The molecule has 0 spiro atoms. The second kappa shape index (κ2) is 4.80. The van der Waals surface area contributed by atoms with Crippen molar-refractivity contribution in [1.29, 1.82) is 0 Å². The van der Waals surface area contributed by atoms with E-state index >= 15 is 0 Å². The summed E-state index contributed by atoms with van der Waals surface area (Å²) in [5, 5.41) is 0.324. The van der Waals surface area contributed by atoms with Crippen molar-refractivity contribution in [2.24, 2.45) is 0 Å². The van der Waals surface area contributed by atoms with Gasteiger partial charge in [0.2, 0.25) is 0 Å². The van der Waals surface area contributed by atoms with Crippen LogP contribution in [0.2, 0.25) is 10.3 Å². The quantitative estimate of drug-likeness (QED) is 0.790. The Labute approximate surface area is 115 Å². The molecule has 17 heavy (non-hydrogen) atoms. The molecule has 0 atom stereocenters. The molecular weight excluding hydrogens is 333 g/mol. The van der Waals surface area contributed by atoms with Crippen molar-refractivity contribution >= 4 is 50.7 Å². The lowest BCUT2D eigenvalue weighted by Gasteiger charge is -1.98. The lowest BCUT2D eigenvalue weighted by Crippen LogP contribution is -2.05. The van der Waals surface area contributed by atoms with Crippen LogP contribution in [-0.2, 0) is 4.74 Å². The number of esters is 1. The van der Waals surface area contributed by atoms with Crippen molar-refractivity contribution in [2.75, 3.05) is 6.61 Å². The number of carbonyl (C=O) groups excluding carboxylic acids is 1. The molecule has 2 heterocycles. The average Bonchev–Trinajstić information content (AvgIpc) is 2.57. The van der Waals surface area contributed by atoms with E-state index < -0.39 is 5.97 Å². The zero-order valence-corrected chi connectivity index (χ0v) is 11.7. The van der Waals surface area contributed by atoms with Crippen LogP contribution in [0.5, 0.6) is 0 Å². The summed E-state index contributed by atoms with van der Waals surface area (Å²) in [7, 11) is 0. The third-order valence-corrected chi connectivity index (χ3v) is 3.14. The van der Waals surface area contributed by atoms with E-state index in [0.717, 1.165) is 0 Å². The molecule has 0 unspecified atom stereocenters. The summed E-state index contributed by atoms with van der Waals surface area (Å²) in [6, 6.07) is 0. The summed E-state index contributed by atoms with van der Waals surface area (Å²) in [6.45, 7) is 1.99. The van der Waals surface area contributed by atoms with Crippen LogP contribution in [0, 0.1) is 0 Å². The van der Waals surface area contributed by atoms with Gasteiger partial charge in [0, 0.05) is 6.20 Å². The molecule has 0 aliphatic carbocycles. The maximum Gasteiger partial charge on any atom is 0.359 e. The van der Waals surface area contributed by atoms with Gasteiger partial charge in [0.25, 0.3) is 0 Å². The van der Waals surface area contributed by atoms with Crippen LogP contribution in [-0.4, -0.2) is 26.9 Å². The number of fused-ring (bicyclic) bond motifs is 1. The van der Waals surface area contributed by atoms with E-state index in [1.165, 1.54) is 10.6 Å². The highest BCUT2D eigenvalue weighted by Gasteiger charge is 2.20. The molecule has 8 heteroatoms. The molecule has 0 amide bonds. The molecule has 5 nitrogen and oxygen atoms in total. The molecule has 0 aliphatic rings. The minimum Gasteiger partial charge on any atom is -0.461 e. The first-order valence-corrected chi connectivity index (χ1v) is 6.16. The van der Waals surface area contributed by atoms with Crippen molar-refractivity contribution in [3.05, 3.63) is 26.8 Å². The van der Waals surface area contributed by atoms with Crippen LogP contribution in [0.3, 0.4) is 0 Å². The first-order valence-electron chi connectivity index (χ1n) is 4.61. The summed E-state index contributed by atoms with van der Waals surface area (Å²) in [4.78, 5) is 19.5. The topological polar surface area (TPSA) is 56.5 Å². The van der Waals surface area contributed by atoms with Crippen molar-refractivity contribution in [3.63, 3.8) is 0 Å². The van der Waals surface area contributed by atoms with Gasteiger partial charge < -0.3 is 4.74 Å². The Hall–Kier alpha value is -0.850. The van der Waals surface area contributed by atoms with Gasteiger partial charge in [0.1, 0.15) is 9.76 Å². The van der Waals surface area contributed by atoms with Gasteiger partial charge in [0.15, 0.2) is 16.5 Å². The summed E-state index contributed by atoms with van der Waals surface area (Å²) in [6.07, 6.45) is 1.50. The third-order valence-electron chi connectivity index (χ3n) is 1.95. The Morgan fingerprint density at radius 1 is 1.53 bits per heavy atom. The highest BCUT2D eigenvalue weighted by atomic mass is 79.9. The molecule has 0 fully saturated rings. The maximum absolute atomic E-state index is 11.6. The average molecular weight is 339 g/mol. The van der Waals surface area contributed by atoms with Gasteiger partial charge >= 0.3 is 5.97 Å². The van der Waals surface area contributed by atoms with Gasteiger partial charge in [-0.1, -0.05) is 23.2 Å². The molecule has 90 valence electrons. The number of hydrogen-bond acceptors (Lipinski definition) is 4. The second-order valence-electron chi connectivity index (χ2n) is 3.02. The predicted octanol–water partition coefficient (Wildman–Crippen LogP) is 2.98. The first-order chi connectivity index (χ1) is 8.04. The monoisotopic (exact) mass is 337 g/mol. The molecule has 0 saturated carbocycles. The first kappa shape index (κ1) is 12.6. The Balaban J connectivity index is 2.64. The number of ether oxygens (including phenoxy) is 1. The van der Waals surface area contributed by atoms with Crippen LogP contribution in [0.15, 0.2) is 10.8 Å². The van der Waals surface area contributed by atoms with Gasteiger partial charge in [-0.25, -0.2) is 14.8 Å². The zero-order valence-electron chi connectivity index (χ0n) is 8.58. The number of hydrogen-bond donors (Lipinski definition) is 0. The Morgan fingerprint density at radius 2 is 2.24 bits per heavy atom. The molecule has 0 N–H and O–H groups in total. The largest absolute Gasteiger partial charge is 0.461 e. The lowest BCUT2D eigenvalue weighted by atomic mass is 10.5. The van der Waals surface area contributed by atoms with E-state index in [2.05, 4.69) is 25.9 Å². The summed E-state index contributed by atoms with van der Waals surface area (Å²) in [5.74, 6) is -0.532. The number of carbonyl (C=O) groups is 1. The van der Waals surface area contributed by atoms with Gasteiger partial charge in [-0.2, -0.15) is 0 Å². The molecule has 2 rings (SSSR count). The molecule has 0 bridgehead atoms. The molecular formula is C9H6BrCl2N3O2. The minimum atomic E-state index is -0.532. The van der Waals surface area contributed by atoms with Crippen molar-refractivity contribution < 1.29 is 9.53 Å². The molecule has 0 aromatic carbocycles. The normalized spacial score (nSPS) is 10.8. The van der Waals surface area contributed by atoms with Crippen LogP contribution < -0.4 is 0 Å². The van der Waals surface area contributed by atoms with Crippen molar-refractivity contribution in [2.45, 2.75) is 6.92 Å². The number of halogens is 3. The second-order valence-corrected chi connectivity index (χ2v) is 4.52. The SMILES string of the molecule is CCOC(=O)c1nc2c(Cl)nc(Cl)cn2c1Br. The predicted molar refractivity (Wildman–Crippen MR) is 66.7 cm³/mol. The Bertz CT molecular complexity index is 599. The number of imidazole rings is 1. The maximum atomic E-state index is 11.6. The van der Waals surface area contributed by atoms with E-state index in [-0.39, 0.29) is 22.6 Å². The van der Waals surface area contributed by atoms with Crippen molar-refractivity contribution in [1.82, 2.24) is 14.4 Å². The minimum absolute atomic E-state index is 0.119. The molecule has 2 aromatic heterocycles. The number of nitrogens with zero attached hydrogens (tertiary/aromatic N) is 3. The lowest BCUT2D eigenvalue weighted by molar-refractivity contribution is 0.0519. The van der Waals surface area contributed by atoms with Gasteiger partial charge in [-0.3, -0.25) is 4.40 Å². The molecule has 2 aromatic rings. The highest BCUT2D eigenvalue weighted by molar-refractivity contribution is 9.10. The third kappa shape index (κ3) is 2.25. The fraction of sp³-hybridized carbons (Fsp3) is 0.222. The fourth-order valence-electron chi connectivity index (χ4n) is 1.28. The van der Waals surface area contributed by atoms with E-state index in [9.17, 15) is 4.79 Å². The summed E-state index contributed by atoms with van der Waals surface area (Å²) >= 11 is 14.9. The van der Waals surface area contributed by atoms with Crippen LogP contribution in [0.25, 0.3) is 5.65 Å². The Kier molecular flexibility index (Phi) is 3.56. The van der Waals surface area contributed by atoms with Gasteiger partial charge in [-0.05, 0) is 22.9 Å². The fourth-order valence-corrected chi connectivity index (χ4v) is 2.26. The van der Waals surface area contributed by atoms with Crippen molar-refractivity contribution in [3.8, 4) is 0 Å². The van der Waals surface area contributed by atoms with Gasteiger partial charge in [0.05, 0.1) is 6.61 Å². The van der Waals surface area contributed by atoms with E-state index in [1.807, 2.05) is 0 Å². The van der Waals surface area contributed by atoms with E-state index in [1.54, 1.807) is 6.92 Å². The Morgan fingerprint density at radius 3 is 2.88 bits per heavy atom. The standard InChI is InChI=1S/C9H6BrCl2N3O2/c1-2-17-9(16)5-6(10)15-3-4(11)13-7(12)8(15)14-5/h3H,2H2,1H3. The summed E-state index contributed by atoms with van der Waals surface area (Å²) in [5.41, 5.74) is 0.476. The van der Waals surface area contributed by atoms with Crippen LogP contribution >= 0.6 is 39.1 Å². The van der Waals surface area contributed by atoms with Gasteiger partial charge in [-0.15, -0.1) is 0 Å².